The van der Waals surface area contributed by atoms with Crippen LogP contribution in [0, 0.1) is 17.3 Å². The highest BCUT2D eigenvalue weighted by atomic mass is 28.3. The van der Waals surface area contributed by atoms with E-state index in [2.05, 4.69) is 99.6 Å². The van der Waals surface area contributed by atoms with Gasteiger partial charge in [-0.3, -0.25) is 4.79 Å². The smallest absolute Gasteiger partial charge is 0.282 e. The molecule has 3 aliphatic carbocycles. The lowest BCUT2D eigenvalue weighted by molar-refractivity contribution is -0.133. The summed E-state index contributed by atoms with van der Waals surface area (Å²) in [7, 11) is -1.41. The van der Waals surface area contributed by atoms with E-state index in [0.717, 1.165) is 32.1 Å². The standard InChI is InChI=1S/C34H39O2Si/c1-33(2,3)25-15-17-28-24(22-25)14-16-30-29(28)20-21-34(31(30)18-19-32(34)35)23-36-37(26-10-6-4-7-11-26)27-12-8-5-9-13-27/h4-13,15,17,22,29-31H,14,16,18-21,23H2,1-3H3/t29-,30-,31+,34-/m1/s1. The molecule has 37 heavy (non-hydrogen) atoms. The Bertz CT molecular complexity index is 1220. The summed E-state index contributed by atoms with van der Waals surface area (Å²) in [5.74, 6) is 2.10. The van der Waals surface area contributed by atoms with E-state index in [1.807, 2.05) is 0 Å². The first-order valence-corrected chi connectivity index (χ1v) is 15.5. The minimum Gasteiger partial charge on any atom is -0.406 e. The summed E-state index contributed by atoms with van der Waals surface area (Å²) < 4.78 is 6.91. The van der Waals surface area contributed by atoms with Gasteiger partial charge in [-0.15, -0.1) is 0 Å². The lowest BCUT2D eigenvalue weighted by atomic mass is 9.55. The van der Waals surface area contributed by atoms with E-state index in [-0.39, 0.29) is 10.8 Å². The van der Waals surface area contributed by atoms with Crippen molar-refractivity contribution < 1.29 is 9.22 Å². The van der Waals surface area contributed by atoms with Crippen LogP contribution in [0.15, 0.2) is 78.9 Å². The Morgan fingerprint density at radius 2 is 1.54 bits per heavy atom. The molecule has 191 valence electrons. The van der Waals surface area contributed by atoms with Crippen LogP contribution in [0.25, 0.3) is 0 Å². The monoisotopic (exact) mass is 507 g/mol. The Morgan fingerprint density at radius 3 is 2.19 bits per heavy atom. The van der Waals surface area contributed by atoms with Crippen molar-refractivity contribution in [2.75, 3.05) is 6.61 Å². The summed E-state index contributed by atoms with van der Waals surface area (Å²) in [5.41, 5.74) is 4.44. The second kappa shape index (κ2) is 9.67. The van der Waals surface area contributed by atoms with Crippen LogP contribution in [0.1, 0.15) is 75.5 Å². The van der Waals surface area contributed by atoms with Crippen LogP contribution in [0.2, 0.25) is 0 Å². The minimum absolute atomic E-state index is 0.180. The van der Waals surface area contributed by atoms with Gasteiger partial charge < -0.3 is 4.43 Å². The van der Waals surface area contributed by atoms with E-state index < -0.39 is 9.04 Å². The quantitative estimate of drug-likeness (QED) is 0.384. The topological polar surface area (TPSA) is 26.3 Å². The molecular weight excluding hydrogens is 468 g/mol. The van der Waals surface area contributed by atoms with Crippen molar-refractivity contribution in [3.8, 4) is 0 Å². The highest BCUT2D eigenvalue weighted by molar-refractivity contribution is 6.80. The summed E-state index contributed by atoms with van der Waals surface area (Å²) in [6.45, 7) is 7.49. The fraction of sp³-hybridized carbons (Fsp3) is 0.441. The SMILES string of the molecule is CC(C)(C)c1ccc2c(c1)CC[C@@H]1[C@@H]2CC[C@]2(CO[Si](c3ccccc3)c3ccccc3)C(=O)CC[C@@H]12. The largest absolute Gasteiger partial charge is 0.406 e. The second-order valence-corrected chi connectivity index (χ2v) is 14.7. The van der Waals surface area contributed by atoms with E-state index >= 15 is 0 Å². The molecule has 0 amide bonds. The first kappa shape index (κ1) is 24.8. The average Bonchev–Trinajstić information content (AvgIpc) is 3.25. The number of hydrogen-bond donors (Lipinski definition) is 0. The van der Waals surface area contributed by atoms with Gasteiger partial charge in [0.2, 0.25) is 0 Å². The van der Waals surface area contributed by atoms with Gasteiger partial charge in [-0.2, -0.15) is 0 Å². The van der Waals surface area contributed by atoms with Gasteiger partial charge in [0.25, 0.3) is 9.04 Å². The molecule has 0 spiro atoms. The van der Waals surface area contributed by atoms with Crippen LogP contribution < -0.4 is 10.4 Å². The molecule has 0 N–H and O–H groups in total. The molecule has 3 aliphatic rings. The zero-order valence-electron chi connectivity index (χ0n) is 22.5. The molecule has 0 heterocycles. The Kier molecular flexibility index (Phi) is 6.49. The molecule has 0 saturated heterocycles. The number of rotatable bonds is 5. The van der Waals surface area contributed by atoms with Gasteiger partial charge in [-0.05, 0) is 82.3 Å². The van der Waals surface area contributed by atoms with Crippen molar-refractivity contribution in [2.24, 2.45) is 17.3 Å². The van der Waals surface area contributed by atoms with Crippen molar-refractivity contribution in [1.29, 1.82) is 0 Å². The van der Waals surface area contributed by atoms with Gasteiger partial charge in [0.1, 0.15) is 5.78 Å². The Balaban J connectivity index is 1.27. The maximum absolute atomic E-state index is 13.6. The number of Topliss-reactive ketones (excluding diaryl/α,β-unsaturated/α-hetero) is 1. The molecule has 3 aromatic carbocycles. The summed E-state index contributed by atoms with van der Waals surface area (Å²) in [5, 5.41) is 2.51. The molecule has 0 unspecified atom stereocenters. The number of carbonyl (C=O) groups is 1. The second-order valence-electron chi connectivity index (χ2n) is 12.6. The van der Waals surface area contributed by atoms with Crippen LogP contribution in [0.5, 0.6) is 0 Å². The molecule has 3 aromatic rings. The molecule has 2 saturated carbocycles. The van der Waals surface area contributed by atoms with E-state index in [1.165, 1.54) is 22.4 Å². The Hall–Kier alpha value is -2.49. The van der Waals surface area contributed by atoms with Crippen LogP contribution in [-0.4, -0.2) is 21.4 Å². The fourth-order valence-corrected chi connectivity index (χ4v) is 9.67. The predicted molar refractivity (Wildman–Crippen MR) is 153 cm³/mol. The summed E-state index contributed by atoms with van der Waals surface area (Å²) in [6, 6.07) is 28.6. The van der Waals surface area contributed by atoms with Crippen LogP contribution in [-0.2, 0) is 21.1 Å². The molecular formula is C34H39O2Si. The normalized spacial score (nSPS) is 27.0. The van der Waals surface area contributed by atoms with Gasteiger partial charge in [0.15, 0.2) is 0 Å². The lowest BCUT2D eigenvalue weighted by Crippen LogP contribution is -2.51. The van der Waals surface area contributed by atoms with E-state index in [4.69, 9.17) is 4.43 Å². The summed E-state index contributed by atoms with van der Waals surface area (Å²) in [4.78, 5) is 13.6. The zero-order valence-corrected chi connectivity index (χ0v) is 23.5. The maximum atomic E-state index is 13.6. The van der Waals surface area contributed by atoms with E-state index in [0.29, 0.717) is 30.1 Å². The van der Waals surface area contributed by atoms with Gasteiger partial charge in [0, 0.05) is 13.0 Å². The molecule has 2 nitrogen and oxygen atoms in total. The number of fused-ring (bicyclic) bond motifs is 5. The molecule has 3 heteroatoms. The van der Waals surface area contributed by atoms with E-state index in [1.54, 1.807) is 11.1 Å². The van der Waals surface area contributed by atoms with Crippen molar-refractivity contribution in [1.82, 2.24) is 0 Å². The van der Waals surface area contributed by atoms with Crippen LogP contribution in [0.3, 0.4) is 0 Å². The van der Waals surface area contributed by atoms with E-state index in [9.17, 15) is 4.79 Å². The van der Waals surface area contributed by atoms with Gasteiger partial charge in [0.05, 0.1) is 5.41 Å². The molecule has 6 rings (SSSR count). The molecule has 0 bridgehead atoms. The molecule has 0 aliphatic heterocycles. The molecule has 2 fully saturated rings. The third-order valence-electron chi connectivity index (χ3n) is 9.58. The summed E-state index contributed by atoms with van der Waals surface area (Å²) >= 11 is 0. The predicted octanol–water partition coefficient (Wildman–Crippen LogP) is 6.21. The fourth-order valence-electron chi connectivity index (χ4n) is 7.61. The highest BCUT2D eigenvalue weighted by Gasteiger charge is 2.57. The van der Waals surface area contributed by atoms with Crippen molar-refractivity contribution in [3.63, 3.8) is 0 Å². The van der Waals surface area contributed by atoms with Crippen LogP contribution in [0.4, 0.5) is 0 Å². The molecule has 0 aromatic heterocycles. The van der Waals surface area contributed by atoms with Gasteiger partial charge >= 0.3 is 0 Å². The first-order chi connectivity index (χ1) is 17.9. The number of carbonyl (C=O) groups excluding carboxylic acids is 1. The average molecular weight is 508 g/mol. The number of ketones is 1. The third kappa shape index (κ3) is 4.44. The Morgan fingerprint density at radius 1 is 0.865 bits per heavy atom. The van der Waals surface area contributed by atoms with Crippen LogP contribution >= 0.6 is 0 Å². The maximum Gasteiger partial charge on any atom is 0.282 e. The van der Waals surface area contributed by atoms with Crippen molar-refractivity contribution >= 4 is 25.2 Å². The lowest BCUT2D eigenvalue weighted by Gasteiger charge is -2.50. The number of aryl methyl sites for hydroxylation is 1. The molecule has 4 atom stereocenters. The van der Waals surface area contributed by atoms with Gasteiger partial charge in [-0.1, -0.05) is 99.6 Å². The van der Waals surface area contributed by atoms with Crippen molar-refractivity contribution in [3.05, 3.63) is 95.6 Å². The summed E-state index contributed by atoms with van der Waals surface area (Å²) in [6.07, 6.45) is 6.20. The third-order valence-corrected chi connectivity index (χ3v) is 11.7. The number of hydrogen-bond acceptors (Lipinski definition) is 2. The van der Waals surface area contributed by atoms with Gasteiger partial charge in [-0.25, -0.2) is 0 Å². The minimum atomic E-state index is -1.41. The first-order valence-electron chi connectivity index (χ1n) is 14.1. The van der Waals surface area contributed by atoms with Crippen molar-refractivity contribution in [2.45, 2.75) is 70.6 Å². The number of benzene rings is 3. The Labute approximate surface area is 224 Å². The highest BCUT2D eigenvalue weighted by Crippen LogP contribution is 2.60. The zero-order chi connectivity index (χ0) is 25.6. The molecule has 1 radical (unpaired) electrons.